The molecule has 2 unspecified atom stereocenters. The molecule has 22 heavy (non-hydrogen) atoms. The summed E-state index contributed by atoms with van der Waals surface area (Å²) in [5.41, 5.74) is 0.0479. The second kappa shape index (κ2) is 4.87. The molecule has 2 saturated heterocycles. The Hall–Kier alpha value is -1.77. The van der Waals surface area contributed by atoms with E-state index >= 15 is 0 Å². The number of rotatable bonds is 2. The number of alkyl halides is 3. The first-order valence-electron chi connectivity index (χ1n) is 6.54. The zero-order chi connectivity index (χ0) is 16.1. The van der Waals surface area contributed by atoms with Crippen LogP contribution < -0.4 is 4.74 Å². The molecule has 2 bridgehead atoms. The average molecular weight is 335 g/mol. The van der Waals surface area contributed by atoms with Crippen molar-refractivity contribution in [2.75, 3.05) is 12.3 Å². The number of carbonyl (C=O) groups is 1. The predicted octanol–water partition coefficient (Wildman–Crippen LogP) is 1.60. The topological polar surface area (TPSA) is 63.7 Å². The van der Waals surface area contributed by atoms with Crippen molar-refractivity contribution in [1.82, 2.24) is 4.90 Å². The number of fused-ring (bicyclic) bond motifs is 2. The van der Waals surface area contributed by atoms with Crippen LogP contribution in [0.25, 0.3) is 0 Å². The zero-order valence-electron chi connectivity index (χ0n) is 11.2. The van der Waals surface area contributed by atoms with Crippen LogP contribution in [0.5, 0.6) is 5.75 Å². The number of ether oxygens (including phenoxy) is 1. The van der Waals surface area contributed by atoms with Gasteiger partial charge in [-0.25, -0.2) is 8.42 Å². The van der Waals surface area contributed by atoms with Crippen LogP contribution in [0.1, 0.15) is 16.8 Å². The van der Waals surface area contributed by atoms with Crippen molar-refractivity contribution in [3.63, 3.8) is 0 Å². The summed E-state index contributed by atoms with van der Waals surface area (Å²) in [5, 5.41) is -0.559. The molecule has 0 aliphatic carbocycles. The highest BCUT2D eigenvalue weighted by molar-refractivity contribution is 7.92. The molecule has 2 aliphatic rings. The monoisotopic (exact) mass is 335 g/mol. The average Bonchev–Trinajstić information content (AvgIpc) is 2.91. The standard InChI is InChI=1S/C13H12F3NO4S/c14-13(15,16)21-10-3-1-2-8(4-10)12(18)17-6-11-5-9(17)7-22(11,19)20/h1-4,9,11H,5-7H2. The van der Waals surface area contributed by atoms with Gasteiger partial charge in [0.2, 0.25) is 0 Å². The van der Waals surface area contributed by atoms with Crippen molar-refractivity contribution < 1.29 is 31.1 Å². The molecule has 9 heteroatoms. The van der Waals surface area contributed by atoms with Gasteiger partial charge in [0, 0.05) is 18.2 Å². The van der Waals surface area contributed by atoms with Crippen molar-refractivity contribution in [2.45, 2.75) is 24.1 Å². The highest BCUT2D eigenvalue weighted by Gasteiger charge is 2.50. The van der Waals surface area contributed by atoms with Gasteiger partial charge in [-0.15, -0.1) is 13.2 Å². The smallest absolute Gasteiger partial charge is 0.406 e. The van der Waals surface area contributed by atoms with Crippen LogP contribution in [-0.4, -0.2) is 49.2 Å². The number of carbonyl (C=O) groups excluding carboxylic acids is 1. The van der Waals surface area contributed by atoms with E-state index in [0.29, 0.717) is 6.42 Å². The second-order valence-electron chi connectivity index (χ2n) is 5.37. The quantitative estimate of drug-likeness (QED) is 0.823. The highest BCUT2D eigenvalue weighted by Crippen LogP contribution is 2.34. The summed E-state index contributed by atoms with van der Waals surface area (Å²) in [6.45, 7) is 0.0934. The summed E-state index contributed by atoms with van der Waals surface area (Å²) in [7, 11) is -3.14. The molecule has 120 valence electrons. The van der Waals surface area contributed by atoms with Gasteiger partial charge in [0.05, 0.1) is 11.0 Å². The largest absolute Gasteiger partial charge is 0.573 e. The van der Waals surface area contributed by atoms with Crippen LogP contribution >= 0.6 is 0 Å². The third kappa shape index (κ3) is 2.77. The van der Waals surface area contributed by atoms with Gasteiger partial charge < -0.3 is 9.64 Å². The Bertz CT molecular complexity index is 716. The first-order chi connectivity index (χ1) is 10.2. The minimum atomic E-state index is -4.83. The Balaban J connectivity index is 1.78. The zero-order valence-corrected chi connectivity index (χ0v) is 12.0. The second-order valence-corrected chi connectivity index (χ2v) is 7.70. The molecular weight excluding hydrogens is 323 g/mol. The normalized spacial score (nSPS) is 26.2. The number of hydrogen-bond donors (Lipinski definition) is 0. The van der Waals surface area contributed by atoms with Gasteiger partial charge >= 0.3 is 6.36 Å². The molecule has 0 N–H and O–H groups in total. The molecule has 2 heterocycles. The van der Waals surface area contributed by atoms with Gasteiger partial charge in [0.15, 0.2) is 9.84 Å². The Labute approximate surface area is 124 Å². The third-order valence-corrected chi connectivity index (χ3v) is 6.09. The van der Waals surface area contributed by atoms with Gasteiger partial charge in [0.25, 0.3) is 5.91 Å². The number of benzene rings is 1. The number of sulfone groups is 1. The molecular formula is C13H12F3NO4S. The lowest BCUT2D eigenvalue weighted by molar-refractivity contribution is -0.274. The maximum Gasteiger partial charge on any atom is 0.573 e. The van der Waals surface area contributed by atoms with Crippen LogP contribution in [0.4, 0.5) is 13.2 Å². The van der Waals surface area contributed by atoms with Crippen molar-refractivity contribution in [3.05, 3.63) is 29.8 Å². The Kier molecular flexibility index (Phi) is 3.35. The van der Waals surface area contributed by atoms with E-state index in [1.54, 1.807) is 0 Å². The maximum atomic E-state index is 12.4. The molecule has 2 atom stereocenters. The highest BCUT2D eigenvalue weighted by atomic mass is 32.2. The van der Waals surface area contributed by atoms with E-state index < -0.39 is 39.1 Å². The summed E-state index contributed by atoms with van der Waals surface area (Å²) in [4.78, 5) is 13.8. The van der Waals surface area contributed by atoms with Gasteiger partial charge in [-0.05, 0) is 24.6 Å². The van der Waals surface area contributed by atoms with E-state index in [4.69, 9.17) is 0 Å². The van der Waals surface area contributed by atoms with Crippen LogP contribution in [0.15, 0.2) is 24.3 Å². The van der Waals surface area contributed by atoms with Crippen molar-refractivity contribution >= 4 is 15.7 Å². The minimum Gasteiger partial charge on any atom is -0.406 e. The van der Waals surface area contributed by atoms with E-state index in [0.717, 1.165) is 12.1 Å². The molecule has 1 aromatic rings. The summed E-state index contributed by atoms with van der Waals surface area (Å²) < 4.78 is 63.7. The van der Waals surface area contributed by atoms with Crippen molar-refractivity contribution in [3.8, 4) is 5.75 Å². The predicted molar refractivity (Wildman–Crippen MR) is 70.1 cm³/mol. The Morgan fingerprint density at radius 2 is 2.05 bits per heavy atom. The summed E-state index contributed by atoms with van der Waals surface area (Å²) in [6.07, 6.45) is -4.44. The molecule has 5 nitrogen and oxygen atoms in total. The van der Waals surface area contributed by atoms with Crippen LogP contribution in [0.3, 0.4) is 0 Å². The number of halogens is 3. The summed E-state index contributed by atoms with van der Waals surface area (Å²) >= 11 is 0. The van der Waals surface area contributed by atoms with E-state index in [1.807, 2.05) is 0 Å². The SMILES string of the molecule is O=C(c1cccc(OC(F)(F)F)c1)N1CC2CC1CS2(=O)=O. The fourth-order valence-electron chi connectivity index (χ4n) is 2.94. The molecule has 2 aliphatic heterocycles. The van der Waals surface area contributed by atoms with Crippen LogP contribution in [0.2, 0.25) is 0 Å². The molecule has 1 aromatic carbocycles. The third-order valence-electron chi connectivity index (χ3n) is 3.88. The van der Waals surface area contributed by atoms with Gasteiger partial charge in [-0.1, -0.05) is 6.07 Å². The fraction of sp³-hybridized carbons (Fsp3) is 0.462. The van der Waals surface area contributed by atoms with E-state index in [2.05, 4.69) is 4.74 Å². The first kappa shape index (κ1) is 15.1. The number of likely N-dealkylation sites (tertiary alicyclic amines) is 1. The minimum absolute atomic E-state index is 0.0479. The van der Waals surface area contributed by atoms with Crippen LogP contribution in [0, 0.1) is 0 Å². The Morgan fingerprint density at radius 1 is 1.32 bits per heavy atom. The summed E-state index contributed by atoms with van der Waals surface area (Å²) in [5.74, 6) is -1.03. The molecule has 3 rings (SSSR count). The lowest BCUT2D eigenvalue weighted by atomic mass is 10.1. The molecule has 0 radical (unpaired) electrons. The molecule has 0 aromatic heterocycles. The maximum absolute atomic E-state index is 12.4. The van der Waals surface area contributed by atoms with E-state index in [1.165, 1.54) is 17.0 Å². The van der Waals surface area contributed by atoms with Crippen molar-refractivity contribution in [2.24, 2.45) is 0 Å². The molecule has 0 saturated carbocycles. The first-order valence-corrected chi connectivity index (χ1v) is 8.25. The lowest BCUT2D eigenvalue weighted by Gasteiger charge is -2.27. The van der Waals surface area contributed by atoms with Gasteiger partial charge in [-0.3, -0.25) is 4.79 Å². The van der Waals surface area contributed by atoms with E-state index in [9.17, 15) is 26.4 Å². The Morgan fingerprint density at radius 3 is 2.59 bits per heavy atom. The van der Waals surface area contributed by atoms with Gasteiger partial charge in [0.1, 0.15) is 5.75 Å². The van der Waals surface area contributed by atoms with Gasteiger partial charge in [-0.2, -0.15) is 0 Å². The van der Waals surface area contributed by atoms with Crippen LogP contribution in [-0.2, 0) is 9.84 Å². The lowest BCUT2D eigenvalue weighted by Crippen LogP contribution is -2.44. The number of amides is 1. The number of hydrogen-bond acceptors (Lipinski definition) is 4. The summed E-state index contributed by atoms with van der Waals surface area (Å²) in [6, 6.07) is 4.39. The van der Waals surface area contributed by atoms with Crippen molar-refractivity contribution in [1.29, 1.82) is 0 Å². The number of nitrogens with zero attached hydrogens (tertiary/aromatic N) is 1. The molecule has 1 amide bonds. The fourth-order valence-corrected chi connectivity index (χ4v) is 4.96. The van der Waals surface area contributed by atoms with E-state index in [-0.39, 0.29) is 17.9 Å². The molecule has 2 fully saturated rings. The molecule has 0 spiro atoms.